The third kappa shape index (κ3) is 2.82. The Balaban J connectivity index is 3.09. The Kier molecular flexibility index (Phi) is 4.14. The van der Waals surface area contributed by atoms with Crippen LogP contribution in [0.25, 0.3) is 0 Å². The summed E-state index contributed by atoms with van der Waals surface area (Å²) in [6, 6.07) is 4.42. The maximum absolute atomic E-state index is 4.35. The summed E-state index contributed by atoms with van der Waals surface area (Å²) in [5.41, 5.74) is 5.36. The predicted octanol–water partition coefficient (Wildman–Crippen LogP) is 3.86. The van der Waals surface area contributed by atoms with E-state index in [0.717, 1.165) is 11.3 Å². The Morgan fingerprint density at radius 3 is 2.14 bits per heavy atom. The minimum absolute atomic E-state index is 0.880. The van der Waals surface area contributed by atoms with Gasteiger partial charge in [-0.2, -0.15) is 12.6 Å². The van der Waals surface area contributed by atoms with Crippen LogP contribution in [0.1, 0.15) is 22.3 Å². The Morgan fingerprint density at radius 1 is 1.21 bits per heavy atom. The number of hydrogen-bond donors (Lipinski definition) is 2. The minimum atomic E-state index is 0.880. The molecule has 0 radical (unpaired) electrons. The molecule has 0 spiro atoms. The number of thiol groups is 2. The maximum Gasteiger partial charge on any atom is 0.00421 e. The van der Waals surface area contributed by atoms with E-state index < -0.39 is 0 Å². The molecule has 0 saturated carbocycles. The quantitative estimate of drug-likeness (QED) is 0.700. The van der Waals surface area contributed by atoms with Gasteiger partial charge in [-0.1, -0.05) is 17.7 Å². The Labute approximate surface area is 97.2 Å². The Hall–Kier alpha value is -0.340. The van der Waals surface area contributed by atoms with Gasteiger partial charge in [0.2, 0.25) is 0 Å². The lowest BCUT2D eigenvalue weighted by molar-refractivity contribution is 1.14. The van der Waals surface area contributed by atoms with Crippen LogP contribution in [0.3, 0.4) is 0 Å². The van der Waals surface area contributed by atoms with Crippen molar-refractivity contribution < 1.29 is 0 Å². The molecule has 0 unspecified atom stereocenters. The zero-order chi connectivity index (χ0) is 10.7. The van der Waals surface area contributed by atoms with Crippen molar-refractivity contribution in [2.45, 2.75) is 27.2 Å². The summed E-state index contributed by atoms with van der Waals surface area (Å²) in [5, 5.41) is 1.75. The molecule has 0 aliphatic heterocycles. The van der Waals surface area contributed by atoms with Crippen LogP contribution >= 0.6 is 25.3 Å². The first-order valence-electron chi connectivity index (χ1n) is 4.63. The van der Waals surface area contributed by atoms with Gasteiger partial charge in [0.25, 0.3) is 0 Å². The molecule has 0 atom stereocenters. The summed E-state index contributed by atoms with van der Waals surface area (Å²) in [4.78, 5) is 1.00. The summed E-state index contributed by atoms with van der Waals surface area (Å²) < 4.78 is 0. The van der Waals surface area contributed by atoms with Crippen molar-refractivity contribution in [1.82, 2.24) is 0 Å². The first-order chi connectivity index (χ1) is 6.54. The number of hydrogen-bond acceptors (Lipinski definition) is 2. The van der Waals surface area contributed by atoms with E-state index >= 15 is 0 Å². The number of rotatable bonds is 2. The lowest BCUT2D eigenvalue weighted by Gasteiger charge is -2.10. The van der Waals surface area contributed by atoms with Gasteiger partial charge in [0.15, 0.2) is 0 Å². The van der Waals surface area contributed by atoms with Gasteiger partial charge in [-0.05, 0) is 47.8 Å². The van der Waals surface area contributed by atoms with Crippen molar-refractivity contribution in [3.8, 4) is 0 Å². The predicted molar refractivity (Wildman–Crippen MR) is 70.4 cm³/mol. The molecule has 76 valence electrons. The highest BCUT2D eigenvalue weighted by atomic mass is 32.1. The summed E-state index contributed by atoms with van der Waals surface area (Å²) in [5.74, 6) is 0. The monoisotopic (exact) mass is 224 g/mol. The van der Waals surface area contributed by atoms with Crippen LogP contribution in [0.15, 0.2) is 22.4 Å². The van der Waals surface area contributed by atoms with Crippen LogP contribution in [-0.4, -0.2) is 0 Å². The van der Waals surface area contributed by atoms with E-state index in [1.807, 2.05) is 0 Å². The van der Waals surface area contributed by atoms with Crippen molar-refractivity contribution in [3.63, 3.8) is 0 Å². The van der Waals surface area contributed by atoms with Gasteiger partial charge in [-0.15, -0.1) is 12.6 Å². The molecule has 1 aromatic carbocycles. The molecule has 1 rings (SSSR count). The van der Waals surface area contributed by atoms with Crippen molar-refractivity contribution in [3.05, 3.63) is 44.7 Å². The van der Waals surface area contributed by atoms with E-state index in [-0.39, 0.29) is 0 Å². The van der Waals surface area contributed by atoms with E-state index in [1.165, 1.54) is 22.3 Å². The highest BCUT2D eigenvalue weighted by Crippen LogP contribution is 2.21. The fourth-order valence-corrected chi connectivity index (χ4v) is 1.96. The van der Waals surface area contributed by atoms with Crippen molar-refractivity contribution >= 4 is 25.3 Å². The summed E-state index contributed by atoms with van der Waals surface area (Å²) in [6.07, 6.45) is 0.880. The molecule has 1 aromatic rings. The van der Waals surface area contributed by atoms with Gasteiger partial charge in [-0.25, -0.2) is 0 Å². The van der Waals surface area contributed by atoms with Crippen LogP contribution in [0, 0.1) is 20.8 Å². The lowest BCUT2D eigenvalue weighted by atomic mass is 9.97. The van der Waals surface area contributed by atoms with Crippen LogP contribution in [0.2, 0.25) is 0 Å². The first kappa shape index (κ1) is 11.7. The van der Waals surface area contributed by atoms with Crippen LogP contribution < -0.4 is 0 Å². The van der Waals surface area contributed by atoms with Gasteiger partial charge < -0.3 is 0 Å². The van der Waals surface area contributed by atoms with E-state index in [9.17, 15) is 0 Å². The molecule has 0 heterocycles. The zero-order valence-electron chi connectivity index (χ0n) is 8.83. The zero-order valence-corrected chi connectivity index (χ0v) is 10.6. The molecular formula is C12H16S2. The highest BCUT2D eigenvalue weighted by molar-refractivity contribution is 7.87. The second-order valence-corrected chi connectivity index (χ2v) is 4.51. The molecule has 0 aliphatic rings. The number of benzene rings is 1. The molecule has 0 bridgehead atoms. The van der Waals surface area contributed by atoms with E-state index in [1.54, 1.807) is 5.41 Å². The molecular weight excluding hydrogens is 208 g/mol. The van der Waals surface area contributed by atoms with Crippen molar-refractivity contribution in [1.29, 1.82) is 0 Å². The number of allylic oxidation sites excluding steroid dienone is 1. The van der Waals surface area contributed by atoms with Gasteiger partial charge in [-0.3, -0.25) is 0 Å². The SMILES string of the molecule is Cc1cc(C)c(CC(S)=CS)c(C)c1. The fraction of sp³-hybridized carbons (Fsp3) is 0.333. The molecule has 0 N–H and O–H groups in total. The molecule has 0 aromatic heterocycles. The van der Waals surface area contributed by atoms with Gasteiger partial charge in [0.05, 0.1) is 0 Å². The molecule has 14 heavy (non-hydrogen) atoms. The lowest BCUT2D eigenvalue weighted by Crippen LogP contribution is -1.95. The van der Waals surface area contributed by atoms with Crippen molar-refractivity contribution in [2.75, 3.05) is 0 Å². The standard InChI is InChI=1S/C12H16S2/c1-8-4-9(2)12(10(3)5-8)6-11(14)7-13/h4-5,7,13-14H,6H2,1-3H3. The van der Waals surface area contributed by atoms with E-state index in [4.69, 9.17) is 0 Å². The normalized spacial score (nSPS) is 11.9. The highest BCUT2D eigenvalue weighted by Gasteiger charge is 2.04. The maximum atomic E-state index is 4.35. The van der Waals surface area contributed by atoms with Gasteiger partial charge in [0.1, 0.15) is 0 Å². The average Bonchev–Trinajstić information content (AvgIpc) is 2.10. The third-order valence-electron chi connectivity index (χ3n) is 2.35. The summed E-state index contributed by atoms with van der Waals surface area (Å²) >= 11 is 8.44. The van der Waals surface area contributed by atoms with Crippen LogP contribution in [0.4, 0.5) is 0 Å². The first-order valence-corrected chi connectivity index (χ1v) is 5.60. The molecule has 0 amide bonds. The average molecular weight is 224 g/mol. The molecule has 2 heteroatoms. The minimum Gasteiger partial charge on any atom is -0.151 e. The number of aryl methyl sites for hydroxylation is 3. The smallest absolute Gasteiger partial charge is 0.00421 e. The molecule has 0 fully saturated rings. The second-order valence-electron chi connectivity index (χ2n) is 3.67. The van der Waals surface area contributed by atoms with Crippen LogP contribution in [0.5, 0.6) is 0 Å². The largest absolute Gasteiger partial charge is 0.151 e. The van der Waals surface area contributed by atoms with Gasteiger partial charge >= 0.3 is 0 Å². The Bertz CT molecular complexity index is 342. The molecule has 0 saturated heterocycles. The second kappa shape index (κ2) is 4.94. The summed E-state index contributed by atoms with van der Waals surface area (Å²) in [7, 11) is 0. The van der Waals surface area contributed by atoms with Gasteiger partial charge in [0, 0.05) is 6.42 Å². The van der Waals surface area contributed by atoms with E-state index in [0.29, 0.717) is 0 Å². The topological polar surface area (TPSA) is 0 Å². The third-order valence-corrected chi connectivity index (χ3v) is 3.15. The molecule has 0 aliphatic carbocycles. The van der Waals surface area contributed by atoms with E-state index in [2.05, 4.69) is 58.2 Å². The summed E-state index contributed by atoms with van der Waals surface area (Å²) in [6.45, 7) is 6.42. The molecule has 0 nitrogen and oxygen atoms in total. The Morgan fingerprint density at radius 2 is 1.71 bits per heavy atom. The fourth-order valence-electron chi connectivity index (χ4n) is 1.72. The van der Waals surface area contributed by atoms with Crippen LogP contribution in [-0.2, 0) is 6.42 Å². The van der Waals surface area contributed by atoms with Crippen molar-refractivity contribution in [2.24, 2.45) is 0 Å².